The van der Waals surface area contributed by atoms with Crippen LogP contribution in [0.1, 0.15) is 196 Å². The average molecular weight is 751 g/mol. The number of aliphatic hydroxyl groups is 1. The van der Waals surface area contributed by atoms with Crippen LogP contribution in [0.25, 0.3) is 0 Å². The van der Waals surface area contributed by atoms with Crippen LogP contribution in [0.5, 0.6) is 0 Å². The quantitative estimate of drug-likeness (QED) is 0.0503. The Hall–Kier alpha value is -1.67. The first-order valence-corrected chi connectivity index (χ1v) is 22.5. The van der Waals surface area contributed by atoms with Crippen LogP contribution < -0.4 is 0 Å². The van der Waals surface area contributed by atoms with Crippen molar-refractivity contribution < 1.29 is 29.0 Å². The third-order valence-corrected chi connectivity index (χ3v) is 11.3. The number of ether oxygens (including phenoxy) is 2. The van der Waals surface area contributed by atoms with Gasteiger partial charge >= 0.3 is 11.9 Å². The van der Waals surface area contributed by atoms with E-state index in [1.54, 1.807) is 4.90 Å². The van der Waals surface area contributed by atoms with E-state index in [4.69, 9.17) is 9.47 Å². The van der Waals surface area contributed by atoms with Crippen molar-refractivity contribution in [2.24, 2.45) is 23.7 Å². The summed E-state index contributed by atoms with van der Waals surface area (Å²) in [4.78, 5) is 41.3. The van der Waals surface area contributed by atoms with Crippen molar-refractivity contribution in [1.29, 1.82) is 0 Å². The van der Waals surface area contributed by atoms with Crippen molar-refractivity contribution in [2.45, 2.75) is 202 Å². The van der Waals surface area contributed by atoms with Crippen LogP contribution >= 0.6 is 0 Å². The van der Waals surface area contributed by atoms with Crippen molar-refractivity contribution in [2.75, 3.05) is 45.9 Å². The lowest BCUT2D eigenvalue weighted by Gasteiger charge is -2.36. The average Bonchev–Trinajstić information content (AvgIpc) is 3.09. The number of β-amino-alcohol motifs (C(OH)–C–C–N with tert-alkyl or cyclic N) is 1. The Morgan fingerprint density at radius 2 is 0.943 bits per heavy atom. The second-order valence-electron chi connectivity index (χ2n) is 17.2. The van der Waals surface area contributed by atoms with Gasteiger partial charge in [-0.05, 0) is 49.4 Å². The van der Waals surface area contributed by atoms with Crippen LogP contribution in [0.3, 0.4) is 0 Å². The zero-order valence-corrected chi connectivity index (χ0v) is 35.7. The number of amides is 1. The van der Waals surface area contributed by atoms with Gasteiger partial charge in [-0.2, -0.15) is 0 Å². The molecule has 312 valence electrons. The van der Waals surface area contributed by atoms with Crippen molar-refractivity contribution in [3.05, 3.63) is 0 Å². The highest BCUT2D eigenvalue weighted by Crippen LogP contribution is 2.24. The maximum absolute atomic E-state index is 13.0. The maximum atomic E-state index is 13.0. The third-order valence-electron chi connectivity index (χ3n) is 11.3. The summed E-state index contributed by atoms with van der Waals surface area (Å²) in [6, 6.07) is 0. The zero-order valence-electron chi connectivity index (χ0n) is 35.7. The highest BCUT2D eigenvalue weighted by atomic mass is 16.5. The van der Waals surface area contributed by atoms with E-state index in [0.29, 0.717) is 25.9 Å². The van der Waals surface area contributed by atoms with Gasteiger partial charge in [0.25, 0.3) is 0 Å². The molecule has 0 spiro atoms. The van der Waals surface area contributed by atoms with E-state index in [1.807, 2.05) is 4.90 Å². The van der Waals surface area contributed by atoms with Gasteiger partial charge in [-0.15, -0.1) is 0 Å². The molecule has 0 aromatic carbocycles. The Kier molecular flexibility index (Phi) is 30.3. The van der Waals surface area contributed by atoms with Gasteiger partial charge in [-0.3, -0.25) is 19.3 Å². The molecule has 1 heterocycles. The van der Waals surface area contributed by atoms with E-state index < -0.39 is 0 Å². The predicted molar refractivity (Wildman–Crippen MR) is 220 cm³/mol. The number of carbonyl (C=O) groups is 3. The first-order chi connectivity index (χ1) is 25.5. The summed E-state index contributed by atoms with van der Waals surface area (Å²) in [7, 11) is 0. The molecule has 8 nitrogen and oxygen atoms in total. The lowest BCUT2D eigenvalue weighted by Crippen LogP contribution is -2.54. The van der Waals surface area contributed by atoms with Gasteiger partial charge in [0.2, 0.25) is 5.91 Å². The number of hydrogen-bond donors (Lipinski definition) is 1. The van der Waals surface area contributed by atoms with E-state index in [1.165, 1.54) is 103 Å². The van der Waals surface area contributed by atoms with E-state index in [0.717, 1.165) is 62.2 Å². The molecule has 1 N–H and O–H groups in total. The summed E-state index contributed by atoms with van der Waals surface area (Å²) in [5.41, 5.74) is 0. The number of aliphatic hydroxyl groups excluding tert-OH is 1. The van der Waals surface area contributed by atoms with Crippen molar-refractivity contribution in [3.8, 4) is 0 Å². The second-order valence-corrected chi connectivity index (χ2v) is 17.2. The number of unbranched alkanes of at least 4 members (excludes halogenated alkanes) is 12. The van der Waals surface area contributed by atoms with Crippen LogP contribution in [-0.4, -0.2) is 84.8 Å². The zero-order chi connectivity index (χ0) is 39.1. The fraction of sp³-hybridized carbons (Fsp3) is 0.933. The lowest BCUT2D eigenvalue weighted by molar-refractivity contribution is -0.148. The van der Waals surface area contributed by atoms with Gasteiger partial charge in [0.05, 0.1) is 25.7 Å². The molecule has 1 saturated heterocycles. The van der Waals surface area contributed by atoms with Crippen LogP contribution in [0.15, 0.2) is 0 Å². The molecule has 4 unspecified atom stereocenters. The smallest absolute Gasteiger partial charge is 0.305 e. The van der Waals surface area contributed by atoms with Gasteiger partial charge in [0.1, 0.15) is 13.2 Å². The Labute approximate surface area is 327 Å². The van der Waals surface area contributed by atoms with Crippen LogP contribution in [0.4, 0.5) is 0 Å². The first kappa shape index (κ1) is 49.3. The van der Waals surface area contributed by atoms with E-state index in [-0.39, 0.29) is 56.8 Å². The fourth-order valence-electron chi connectivity index (χ4n) is 7.92. The number of rotatable bonds is 36. The molecule has 53 heavy (non-hydrogen) atoms. The summed E-state index contributed by atoms with van der Waals surface area (Å²) in [5, 5.41) is 9.62. The molecule has 1 aliphatic heterocycles. The number of carbonyl (C=O) groups excluding carboxylic acids is 3. The normalized spacial score (nSPS) is 15.8. The molecule has 1 rings (SSSR count). The summed E-state index contributed by atoms with van der Waals surface area (Å²) in [6.07, 6.45) is 27.4. The van der Waals surface area contributed by atoms with Gasteiger partial charge in [0.15, 0.2) is 0 Å². The number of nitrogens with zero attached hydrogens (tertiary/aromatic N) is 2. The Balaban J connectivity index is 2.20. The molecule has 1 amide bonds. The molecule has 0 radical (unpaired) electrons. The van der Waals surface area contributed by atoms with Crippen molar-refractivity contribution in [1.82, 2.24) is 9.80 Å². The molecular formula is C45H86N2O6. The highest BCUT2D eigenvalue weighted by molar-refractivity contribution is 5.78. The summed E-state index contributed by atoms with van der Waals surface area (Å²) in [6.45, 7) is 16.1. The summed E-state index contributed by atoms with van der Waals surface area (Å²) in [5.74, 6) is 2.70. The molecular weight excluding hydrogens is 665 g/mol. The predicted octanol–water partition coefficient (Wildman–Crippen LogP) is 10.5. The van der Waals surface area contributed by atoms with Gasteiger partial charge < -0.3 is 19.5 Å². The van der Waals surface area contributed by atoms with Crippen LogP contribution in [-0.2, 0) is 23.9 Å². The number of esters is 2. The first-order valence-electron chi connectivity index (χ1n) is 22.5. The molecule has 0 aliphatic carbocycles. The molecule has 1 fully saturated rings. The Bertz CT molecular complexity index is 853. The van der Waals surface area contributed by atoms with Gasteiger partial charge in [-0.1, -0.05) is 157 Å². The topological polar surface area (TPSA) is 96.4 Å². The molecule has 0 aromatic rings. The van der Waals surface area contributed by atoms with Crippen molar-refractivity contribution >= 4 is 17.8 Å². The van der Waals surface area contributed by atoms with Crippen molar-refractivity contribution in [3.63, 3.8) is 0 Å². The highest BCUT2D eigenvalue weighted by Gasteiger charge is 2.28. The monoisotopic (exact) mass is 751 g/mol. The van der Waals surface area contributed by atoms with Gasteiger partial charge in [0, 0.05) is 25.9 Å². The third kappa shape index (κ3) is 28.4. The number of likely N-dealkylation sites (tertiary alicyclic amines) is 1. The molecule has 4 atom stereocenters. The Morgan fingerprint density at radius 3 is 1.32 bits per heavy atom. The largest absolute Gasteiger partial charge is 0.464 e. The minimum absolute atomic E-state index is 0.107. The summed E-state index contributed by atoms with van der Waals surface area (Å²) >= 11 is 0. The van der Waals surface area contributed by atoms with E-state index in [2.05, 4.69) is 41.5 Å². The van der Waals surface area contributed by atoms with Gasteiger partial charge in [-0.25, -0.2) is 0 Å². The molecule has 0 aromatic heterocycles. The Morgan fingerprint density at radius 1 is 0.585 bits per heavy atom. The van der Waals surface area contributed by atoms with E-state index in [9.17, 15) is 19.5 Å². The van der Waals surface area contributed by atoms with E-state index >= 15 is 0 Å². The fourth-order valence-corrected chi connectivity index (χ4v) is 7.92. The summed E-state index contributed by atoms with van der Waals surface area (Å²) < 4.78 is 11.0. The standard InChI is InChI=1S/C45H86N2O6/c1-7-9-17-23-38(3)33-40(5)25-19-13-11-15-21-27-44(50)52-31-29-47(43(49)37-46-35-42(48)36-46)30-32-53-45(51)28-22-16-12-14-20-26-41(6)34-39(4)24-18-10-8-2/h38-42,48H,7-37H2,1-6H3. The minimum Gasteiger partial charge on any atom is -0.464 e. The van der Waals surface area contributed by atoms with Crippen LogP contribution in [0.2, 0.25) is 0 Å². The maximum Gasteiger partial charge on any atom is 0.305 e. The second kappa shape index (κ2) is 32.6. The SMILES string of the molecule is CCCCCC(C)CC(C)CCCCCCCC(=O)OCCN(CCOC(=O)CCCCCCCC(C)CC(C)CCCCC)C(=O)CN1CC(O)C1. The molecule has 0 bridgehead atoms. The lowest BCUT2D eigenvalue weighted by atomic mass is 9.89. The van der Waals surface area contributed by atoms with Crippen LogP contribution in [0, 0.1) is 23.7 Å². The molecule has 0 saturated carbocycles. The number of hydrogen-bond acceptors (Lipinski definition) is 7. The molecule has 1 aliphatic rings. The minimum atomic E-state index is -0.381. The molecule has 8 heteroatoms.